The van der Waals surface area contributed by atoms with E-state index in [1.807, 2.05) is 43.3 Å². The Morgan fingerprint density at radius 3 is 2.70 bits per heavy atom. The van der Waals surface area contributed by atoms with Crippen LogP contribution in [0.3, 0.4) is 0 Å². The molecule has 1 aliphatic heterocycles. The lowest BCUT2D eigenvalue weighted by atomic mass is 10.1. The molecule has 0 amide bonds. The molecule has 0 bridgehead atoms. The van der Waals surface area contributed by atoms with Crippen LogP contribution in [-0.2, 0) is 28.7 Å². The van der Waals surface area contributed by atoms with Crippen molar-refractivity contribution in [1.29, 1.82) is 0 Å². The van der Waals surface area contributed by atoms with Gasteiger partial charge in [-0.15, -0.1) is 0 Å². The van der Waals surface area contributed by atoms with Crippen LogP contribution in [0.25, 0.3) is 0 Å². The maximum Gasteiger partial charge on any atom is 0.218 e. The number of pyridine rings is 1. The van der Waals surface area contributed by atoms with Gasteiger partial charge < -0.3 is 4.74 Å². The number of sulfonamides is 1. The summed E-state index contributed by atoms with van der Waals surface area (Å²) < 4.78 is 32.2. The minimum Gasteiger partial charge on any atom is -0.478 e. The van der Waals surface area contributed by atoms with Crippen molar-refractivity contribution in [3.63, 3.8) is 0 Å². The van der Waals surface area contributed by atoms with Crippen molar-refractivity contribution in [2.24, 2.45) is 0 Å². The van der Waals surface area contributed by atoms with Crippen molar-refractivity contribution in [2.45, 2.75) is 25.6 Å². The van der Waals surface area contributed by atoms with Gasteiger partial charge in [0.25, 0.3) is 0 Å². The Morgan fingerprint density at radius 1 is 1.17 bits per heavy atom. The molecule has 2 aromatic rings. The van der Waals surface area contributed by atoms with E-state index in [-0.39, 0.29) is 5.75 Å². The van der Waals surface area contributed by atoms with E-state index in [1.165, 1.54) is 0 Å². The molecule has 0 saturated heterocycles. The molecule has 0 radical (unpaired) electrons. The Balaban J connectivity index is 1.76. The quantitative estimate of drug-likeness (QED) is 0.843. The first-order valence-corrected chi connectivity index (χ1v) is 9.33. The minimum atomic E-state index is -3.33. The molecule has 0 aliphatic carbocycles. The van der Waals surface area contributed by atoms with Crippen LogP contribution in [0.4, 0.5) is 0 Å². The molecule has 1 aromatic carbocycles. The minimum absolute atomic E-state index is 0.0353. The molecule has 23 heavy (non-hydrogen) atoms. The molecule has 6 heteroatoms. The molecule has 0 spiro atoms. The van der Waals surface area contributed by atoms with E-state index in [4.69, 9.17) is 4.74 Å². The standard InChI is InChI=1S/C17H20N2O3S/c1-2-22-17-9-8-15-12-19(11-10-16(15)18-17)23(20,21)13-14-6-4-3-5-7-14/h3-9H,2,10-13H2,1H3. The summed E-state index contributed by atoms with van der Waals surface area (Å²) in [6.07, 6.45) is 0.615. The number of nitrogens with zero attached hydrogens (tertiary/aromatic N) is 2. The van der Waals surface area contributed by atoms with Crippen molar-refractivity contribution < 1.29 is 13.2 Å². The molecule has 0 unspecified atom stereocenters. The first kappa shape index (κ1) is 16.0. The average molecular weight is 332 g/mol. The van der Waals surface area contributed by atoms with E-state index >= 15 is 0 Å². The summed E-state index contributed by atoms with van der Waals surface area (Å²) >= 11 is 0. The summed E-state index contributed by atoms with van der Waals surface area (Å²) in [7, 11) is -3.33. The second kappa shape index (κ2) is 6.68. The molecular weight excluding hydrogens is 312 g/mol. The summed E-state index contributed by atoms with van der Waals surface area (Å²) in [5.74, 6) is 0.639. The maximum atomic E-state index is 12.6. The lowest BCUT2D eigenvalue weighted by molar-refractivity contribution is 0.322. The molecule has 0 fully saturated rings. The Kier molecular flexibility index (Phi) is 4.63. The number of ether oxygens (including phenoxy) is 1. The van der Waals surface area contributed by atoms with E-state index in [9.17, 15) is 8.42 Å². The first-order valence-electron chi connectivity index (χ1n) is 7.72. The highest BCUT2D eigenvalue weighted by Crippen LogP contribution is 2.23. The summed E-state index contributed by atoms with van der Waals surface area (Å²) in [5, 5.41) is 0. The highest BCUT2D eigenvalue weighted by molar-refractivity contribution is 7.88. The molecule has 0 atom stereocenters. The number of aromatic nitrogens is 1. The molecule has 1 aliphatic rings. The second-order valence-corrected chi connectivity index (χ2v) is 7.48. The van der Waals surface area contributed by atoms with Crippen LogP contribution in [0.1, 0.15) is 23.7 Å². The molecular formula is C17H20N2O3S. The van der Waals surface area contributed by atoms with Crippen LogP contribution in [-0.4, -0.2) is 30.9 Å². The van der Waals surface area contributed by atoms with Crippen molar-refractivity contribution in [3.8, 4) is 5.88 Å². The molecule has 0 N–H and O–H groups in total. The molecule has 0 saturated carbocycles. The number of benzene rings is 1. The van der Waals surface area contributed by atoms with Gasteiger partial charge in [0.1, 0.15) is 0 Å². The Bertz CT molecular complexity index is 776. The monoisotopic (exact) mass is 332 g/mol. The van der Waals surface area contributed by atoms with Crippen LogP contribution in [0.2, 0.25) is 0 Å². The molecule has 5 nitrogen and oxygen atoms in total. The average Bonchev–Trinajstić information content (AvgIpc) is 2.55. The molecule has 2 heterocycles. The lowest BCUT2D eigenvalue weighted by Crippen LogP contribution is -2.37. The van der Waals surface area contributed by atoms with E-state index < -0.39 is 10.0 Å². The number of rotatable bonds is 5. The van der Waals surface area contributed by atoms with Crippen molar-refractivity contribution >= 4 is 10.0 Å². The van der Waals surface area contributed by atoms with Crippen molar-refractivity contribution in [2.75, 3.05) is 13.2 Å². The predicted octanol–water partition coefficient (Wildman–Crippen LogP) is 2.37. The molecule has 3 rings (SSSR count). The van der Waals surface area contributed by atoms with Gasteiger partial charge in [-0.25, -0.2) is 13.4 Å². The van der Waals surface area contributed by atoms with Gasteiger partial charge in [0.05, 0.1) is 18.1 Å². The third-order valence-corrected chi connectivity index (χ3v) is 5.66. The van der Waals surface area contributed by atoms with Gasteiger partial charge in [-0.05, 0) is 18.1 Å². The number of hydrogen-bond donors (Lipinski definition) is 0. The second-order valence-electron chi connectivity index (χ2n) is 5.51. The van der Waals surface area contributed by atoms with E-state index in [0.29, 0.717) is 32.0 Å². The SMILES string of the molecule is CCOc1ccc2c(n1)CCN(S(=O)(=O)Cc1ccccc1)C2. The van der Waals surface area contributed by atoms with Gasteiger partial charge in [-0.1, -0.05) is 36.4 Å². The van der Waals surface area contributed by atoms with Gasteiger partial charge in [0.2, 0.25) is 15.9 Å². The zero-order valence-electron chi connectivity index (χ0n) is 13.1. The Hall–Kier alpha value is -1.92. The van der Waals surface area contributed by atoms with Crippen LogP contribution < -0.4 is 4.74 Å². The topological polar surface area (TPSA) is 59.5 Å². The van der Waals surface area contributed by atoms with Gasteiger partial charge in [0.15, 0.2) is 0 Å². The Morgan fingerprint density at radius 2 is 1.96 bits per heavy atom. The van der Waals surface area contributed by atoms with Crippen LogP contribution in [0.15, 0.2) is 42.5 Å². The van der Waals surface area contributed by atoms with Gasteiger partial charge in [-0.2, -0.15) is 4.31 Å². The van der Waals surface area contributed by atoms with Crippen LogP contribution >= 0.6 is 0 Å². The largest absolute Gasteiger partial charge is 0.478 e. The third kappa shape index (κ3) is 3.71. The van der Waals surface area contributed by atoms with Gasteiger partial charge >= 0.3 is 0 Å². The van der Waals surface area contributed by atoms with Gasteiger partial charge in [0, 0.05) is 25.6 Å². The van der Waals surface area contributed by atoms with Crippen LogP contribution in [0, 0.1) is 0 Å². The third-order valence-electron chi connectivity index (χ3n) is 3.87. The lowest BCUT2D eigenvalue weighted by Gasteiger charge is -2.27. The van der Waals surface area contributed by atoms with Crippen molar-refractivity contribution in [3.05, 3.63) is 59.3 Å². The van der Waals surface area contributed by atoms with Gasteiger partial charge in [-0.3, -0.25) is 0 Å². The predicted molar refractivity (Wildman–Crippen MR) is 88.6 cm³/mol. The van der Waals surface area contributed by atoms with Crippen LogP contribution in [0.5, 0.6) is 5.88 Å². The summed E-state index contributed by atoms with van der Waals surface area (Å²) in [6.45, 7) is 3.33. The fourth-order valence-corrected chi connectivity index (χ4v) is 4.21. The summed E-state index contributed by atoms with van der Waals surface area (Å²) in [5.41, 5.74) is 2.70. The highest BCUT2D eigenvalue weighted by Gasteiger charge is 2.27. The maximum absolute atomic E-state index is 12.6. The summed E-state index contributed by atoms with van der Waals surface area (Å²) in [4.78, 5) is 4.46. The zero-order valence-corrected chi connectivity index (χ0v) is 13.9. The Labute approximate surface area is 137 Å². The van der Waals surface area contributed by atoms with E-state index in [2.05, 4.69) is 4.98 Å². The molecule has 1 aromatic heterocycles. The van der Waals surface area contributed by atoms with Crippen molar-refractivity contribution in [1.82, 2.24) is 9.29 Å². The normalized spacial score (nSPS) is 15.2. The number of fused-ring (bicyclic) bond motifs is 1. The highest BCUT2D eigenvalue weighted by atomic mass is 32.2. The smallest absolute Gasteiger partial charge is 0.218 e. The summed E-state index contributed by atoms with van der Waals surface area (Å²) in [6, 6.07) is 13.0. The van der Waals surface area contributed by atoms with E-state index in [0.717, 1.165) is 16.8 Å². The number of hydrogen-bond acceptors (Lipinski definition) is 4. The van der Waals surface area contributed by atoms with E-state index in [1.54, 1.807) is 10.4 Å². The molecule has 122 valence electrons. The first-order chi connectivity index (χ1) is 11.1. The zero-order chi connectivity index (χ0) is 16.3. The fraction of sp³-hybridized carbons (Fsp3) is 0.353. The fourth-order valence-electron chi connectivity index (χ4n) is 2.71.